The van der Waals surface area contributed by atoms with Crippen molar-refractivity contribution in [3.05, 3.63) is 53.6 Å². The minimum atomic E-state index is -0.912. The van der Waals surface area contributed by atoms with Crippen molar-refractivity contribution >= 4 is 32.7 Å². The second kappa shape index (κ2) is 8.35. The third kappa shape index (κ3) is 4.04. The lowest BCUT2D eigenvalue weighted by Crippen LogP contribution is -2.50. The highest BCUT2D eigenvalue weighted by molar-refractivity contribution is 7.22. The smallest absolute Gasteiger partial charge is 0.378 e. The summed E-state index contributed by atoms with van der Waals surface area (Å²) in [5, 5.41) is 14.3. The molecule has 2 aromatic heterocycles. The molecule has 0 aliphatic carbocycles. The van der Waals surface area contributed by atoms with Gasteiger partial charge in [-0.15, -0.1) is 11.8 Å². The van der Waals surface area contributed by atoms with E-state index in [-0.39, 0.29) is 12.4 Å². The van der Waals surface area contributed by atoms with E-state index in [1.165, 1.54) is 23.7 Å². The molecule has 0 spiro atoms. The number of para-hydroxylation sites is 1. The number of rotatable bonds is 6. The van der Waals surface area contributed by atoms with Crippen LogP contribution in [0, 0.1) is 17.0 Å². The van der Waals surface area contributed by atoms with Gasteiger partial charge in [0.1, 0.15) is 6.67 Å². The monoisotopic (exact) mass is 411 g/mol. The van der Waals surface area contributed by atoms with Crippen LogP contribution in [0.25, 0.3) is 10.2 Å². The number of carbonyl (C=O) groups is 1. The molecule has 3 heterocycles. The Hall–Kier alpha value is -2.70. The minimum absolute atomic E-state index is 0.0810. The Labute approximate surface area is 172 Å². The van der Waals surface area contributed by atoms with Gasteiger partial charge in [0.25, 0.3) is 11.4 Å². The maximum Gasteiger partial charge on any atom is 0.378 e. The molecule has 0 N–H and O–H groups in total. The number of unbranched alkanes of at least 4 members (excludes halogenated alkanes) is 1. The van der Waals surface area contributed by atoms with Crippen molar-refractivity contribution in [3.63, 3.8) is 0 Å². The summed E-state index contributed by atoms with van der Waals surface area (Å²) in [5.41, 5.74) is 0.772. The molecule has 2 unspecified atom stereocenters. The Balaban J connectivity index is 1.59. The van der Waals surface area contributed by atoms with Crippen molar-refractivity contribution in [2.45, 2.75) is 26.0 Å². The molecule has 0 radical (unpaired) electrons. The fourth-order valence-corrected chi connectivity index (χ4v) is 4.42. The lowest BCUT2D eigenvalue weighted by atomic mass is 10.3. The van der Waals surface area contributed by atoms with E-state index >= 15 is 0 Å². The molecule has 0 saturated carbocycles. The van der Waals surface area contributed by atoms with Gasteiger partial charge in [-0.25, -0.2) is 9.69 Å². The molecule has 29 heavy (non-hydrogen) atoms. The molecule has 1 saturated heterocycles. The number of fused-ring (bicyclic) bond motifs is 1. The van der Waals surface area contributed by atoms with Crippen LogP contribution >= 0.6 is 11.3 Å². The zero-order chi connectivity index (χ0) is 20.3. The summed E-state index contributed by atoms with van der Waals surface area (Å²) in [7, 11) is 0. The second-order valence-corrected chi connectivity index (χ2v) is 7.85. The van der Waals surface area contributed by atoms with Crippen molar-refractivity contribution in [3.8, 4) is 11.8 Å². The molecule has 3 aromatic rings. The number of hydrogen-bond donors (Lipinski definition) is 0. The van der Waals surface area contributed by atoms with E-state index in [4.69, 9.17) is 9.15 Å². The quantitative estimate of drug-likeness (QED) is 0.201. The molecule has 0 amide bonds. The van der Waals surface area contributed by atoms with Gasteiger partial charge in [0.2, 0.25) is 5.76 Å². The standard InChI is InChI=1S/C21H21N3O4S/c1-2-3-4-7-12-23-14-19(28-20(25)17-10-8-13-27-17)24(26,15-23)21-22-16-9-5-6-11-18(16)29-21/h5-6,8-11,13,19H,4,7,12,14-15H2,1H3. The summed E-state index contributed by atoms with van der Waals surface area (Å²) >= 11 is 1.34. The molecular weight excluding hydrogens is 390 g/mol. The molecule has 8 heteroatoms. The number of ether oxygens (including phenoxy) is 1. The highest BCUT2D eigenvalue weighted by atomic mass is 32.1. The summed E-state index contributed by atoms with van der Waals surface area (Å²) in [6.45, 7) is 3.03. The number of quaternary nitrogens is 1. The van der Waals surface area contributed by atoms with E-state index < -0.39 is 16.8 Å². The zero-order valence-electron chi connectivity index (χ0n) is 16.0. The number of hydrogen-bond acceptors (Lipinski definition) is 7. The predicted octanol–water partition coefficient (Wildman–Crippen LogP) is 3.95. The molecule has 1 aliphatic rings. The minimum Gasteiger partial charge on any atom is -0.622 e. The fourth-order valence-electron chi connectivity index (χ4n) is 3.38. The van der Waals surface area contributed by atoms with Gasteiger partial charge < -0.3 is 14.4 Å². The first-order chi connectivity index (χ1) is 14.1. The van der Waals surface area contributed by atoms with Crippen LogP contribution in [0.2, 0.25) is 0 Å². The summed E-state index contributed by atoms with van der Waals surface area (Å²) < 4.78 is 10.8. The van der Waals surface area contributed by atoms with E-state index in [1.54, 1.807) is 6.07 Å². The molecule has 2 atom stereocenters. The summed E-state index contributed by atoms with van der Waals surface area (Å²) in [6, 6.07) is 10.8. The summed E-state index contributed by atoms with van der Waals surface area (Å²) in [6.07, 6.45) is 2.10. The van der Waals surface area contributed by atoms with Crippen LogP contribution in [-0.4, -0.2) is 41.8 Å². The zero-order valence-corrected chi connectivity index (χ0v) is 16.9. The molecule has 7 nitrogen and oxygen atoms in total. The van der Waals surface area contributed by atoms with E-state index in [9.17, 15) is 10.0 Å². The van der Waals surface area contributed by atoms with Crippen molar-refractivity contribution < 1.29 is 13.9 Å². The van der Waals surface area contributed by atoms with Crippen LogP contribution in [0.5, 0.6) is 0 Å². The molecule has 1 aliphatic heterocycles. The van der Waals surface area contributed by atoms with E-state index in [1.807, 2.05) is 36.1 Å². The Morgan fingerprint density at radius 2 is 2.28 bits per heavy atom. The fraction of sp³-hybridized carbons (Fsp3) is 0.333. The predicted molar refractivity (Wildman–Crippen MR) is 112 cm³/mol. The largest absolute Gasteiger partial charge is 0.622 e. The maximum absolute atomic E-state index is 13.9. The molecule has 1 aromatic carbocycles. The van der Waals surface area contributed by atoms with Gasteiger partial charge in [-0.1, -0.05) is 23.5 Å². The van der Waals surface area contributed by atoms with Crippen LogP contribution in [-0.2, 0) is 4.74 Å². The molecule has 150 valence electrons. The second-order valence-electron chi connectivity index (χ2n) is 6.85. The number of carbonyl (C=O) groups excluding carboxylic acids is 1. The van der Waals surface area contributed by atoms with Gasteiger partial charge >= 0.3 is 5.97 Å². The van der Waals surface area contributed by atoms with Gasteiger partial charge in [-0.3, -0.25) is 4.65 Å². The summed E-state index contributed by atoms with van der Waals surface area (Å²) in [5.74, 6) is 5.36. The average Bonchev–Trinajstić information content (AvgIpc) is 3.45. The van der Waals surface area contributed by atoms with Crippen LogP contribution < -0.4 is 4.65 Å². The number of aromatic nitrogens is 1. The third-order valence-electron chi connectivity index (χ3n) is 4.81. The van der Waals surface area contributed by atoms with Crippen molar-refractivity contribution in [1.82, 2.24) is 14.5 Å². The maximum atomic E-state index is 13.9. The number of hydroxylamine groups is 2. The van der Waals surface area contributed by atoms with Crippen molar-refractivity contribution in [2.24, 2.45) is 0 Å². The normalized spacial score (nSPS) is 21.8. The highest BCUT2D eigenvalue weighted by Crippen LogP contribution is 2.38. The Morgan fingerprint density at radius 1 is 1.41 bits per heavy atom. The van der Waals surface area contributed by atoms with Gasteiger partial charge in [0, 0.05) is 13.0 Å². The number of benzene rings is 1. The number of esters is 1. The third-order valence-corrected chi connectivity index (χ3v) is 5.96. The molecule has 4 rings (SSSR count). The van der Waals surface area contributed by atoms with Crippen LogP contribution in [0.3, 0.4) is 0 Å². The first-order valence-corrected chi connectivity index (χ1v) is 10.2. The van der Waals surface area contributed by atoms with Crippen LogP contribution in [0.1, 0.15) is 30.3 Å². The van der Waals surface area contributed by atoms with Gasteiger partial charge in [-0.2, -0.15) is 4.98 Å². The van der Waals surface area contributed by atoms with E-state index in [2.05, 4.69) is 16.8 Å². The van der Waals surface area contributed by atoms with Crippen LogP contribution in [0.4, 0.5) is 5.13 Å². The lowest BCUT2D eigenvalue weighted by Gasteiger charge is -2.38. The van der Waals surface area contributed by atoms with Gasteiger partial charge in [0.05, 0.1) is 23.0 Å². The lowest BCUT2D eigenvalue weighted by molar-refractivity contribution is 0.00252. The molecule has 1 fully saturated rings. The molecule has 0 bridgehead atoms. The summed E-state index contributed by atoms with van der Waals surface area (Å²) in [4.78, 5) is 19.0. The Morgan fingerprint density at radius 3 is 3.03 bits per heavy atom. The number of nitrogens with zero attached hydrogens (tertiary/aromatic N) is 3. The van der Waals surface area contributed by atoms with E-state index in [0.717, 1.165) is 23.1 Å². The van der Waals surface area contributed by atoms with Crippen molar-refractivity contribution in [2.75, 3.05) is 19.8 Å². The topological polar surface area (TPSA) is 78.6 Å². The SMILES string of the molecule is CC#CCCCN1CC(OC(=O)c2ccco2)[N+]([O-])(c2nc3ccccc3s2)C1. The Kier molecular flexibility index (Phi) is 5.65. The van der Waals surface area contributed by atoms with E-state index in [0.29, 0.717) is 18.2 Å². The average molecular weight is 411 g/mol. The van der Waals surface area contributed by atoms with Crippen LogP contribution in [0.15, 0.2) is 47.1 Å². The molecular formula is C21H21N3O4S. The van der Waals surface area contributed by atoms with Crippen molar-refractivity contribution in [1.29, 1.82) is 0 Å². The first-order valence-electron chi connectivity index (χ1n) is 9.41. The number of thiazole rings is 1. The Bertz CT molecular complexity index is 1020. The van der Waals surface area contributed by atoms with Gasteiger partial charge in [0.15, 0.2) is 0 Å². The first kappa shape index (κ1) is 19.6. The highest BCUT2D eigenvalue weighted by Gasteiger charge is 2.46. The van der Waals surface area contributed by atoms with Gasteiger partial charge in [-0.05, 0) is 37.6 Å². The number of furan rings is 1.